The Morgan fingerprint density at radius 1 is 0.927 bits per heavy atom. The number of ether oxygens (including phenoxy) is 1. The molecular formula is C33H34F3NO4. The maximum absolute atomic E-state index is 13.6. The van der Waals surface area contributed by atoms with Crippen LogP contribution in [-0.2, 0) is 17.3 Å². The highest BCUT2D eigenvalue weighted by atomic mass is 19.4. The van der Waals surface area contributed by atoms with Crippen molar-refractivity contribution in [3.63, 3.8) is 0 Å². The topological polar surface area (TPSA) is 78.8 Å². The summed E-state index contributed by atoms with van der Waals surface area (Å²) in [6.45, 7) is 6.21. The van der Waals surface area contributed by atoms with Gasteiger partial charge in [0.25, 0.3) is 0 Å². The number of nitrogens with one attached hydrogen (secondary N) is 1. The lowest BCUT2D eigenvalue weighted by Gasteiger charge is -2.28. The van der Waals surface area contributed by atoms with Crippen molar-refractivity contribution in [3.05, 3.63) is 107 Å². The lowest BCUT2D eigenvalue weighted by Crippen LogP contribution is -2.46. The van der Waals surface area contributed by atoms with Gasteiger partial charge in [0.05, 0.1) is 29.9 Å². The van der Waals surface area contributed by atoms with E-state index in [0.29, 0.717) is 17.7 Å². The van der Waals surface area contributed by atoms with Crippen molar-refractivity contribution in [1.29, 1.82) is 0 Å². The van der Waals surface area contributed by atoms with Gasteiger partial charge in [-0.25, -0.2) is 4.79 Å². The molecule has 0 saturated carbocycles. The maximum Gasteiger partial charge on any atom is 0.417 e. The largest absolute Gasteiger partial charge is 0.478 e. The van der Waals surface area contributed by atoms with Crippen LogP contribution in [0.2, 0.25) is 0 Å². The molecule has 4 rings (SSSR count). The highest BCUT2D eigenvalue weighted by Gasteiger charge is 2.36. The number of carbonyl (C=O) groups is 1. The Hall–Kier alpha value is -3.72. The van der Waals surface area contributed by atoms with E-state index < -0.39 is 35.5 Å². The number of β-amino-alcohol motifs (C(OH)–C–C–N with tert-alkyl or cyclic N) is 1. The molecule has 0 radical (unpaired) electrons. The second-order valence-electron chi connectivity index (χ2n) is 10.9. The number of rotatable bonds is 11. The fourth-order valence-corrected chi connectivity index (χ4v) is 4.97. The molecule has 4 aromatic carbocycles. The zero-order chi connectivity index (χ0) is 29.8. The molecule has 0 fully saturated rings. The summed E-state index contributed by atoms with van der Waals surface area (Å²) in [6.07, 6.45) is -5.41. The van der Waals surface area contributed by atoms with Gasteiger partial charge in [0.1, 0.15) is 0 Å². The molecule has 0 saturated heterocycles. The first-order valence-corrected chi connectivity index (χ1v) is 13.4. The van der Waals surface area contributed by atoms with Crippen LogP contribution in [0.3, 0.4) is 0 Å². The van der Waals surface area contributed by atoms with Crippen molar-refractivity contribution in [2.75, 3.05) is 13.2 Å². The van der Waals surface area contributed by atoms with E-state index in [9.17, 15) is 28.2 Å². The third kappa shape index (κ3) is 7.73. The number of aliphatic hydroxyl groups is 1. The average molecular weight is 566 g/mol. The first-order valence-electron chi connectivity index (χ1n) is 13.4. The molecule has 0 heterocycles. The molecule has 0 aromatic heterocycles. The number of hydrogen-bond donors (Lipinski definition) is 3. The number of aliphatic hydroxyl groups excluding tert-OH is 1. The fourth-order valence-electron chi connectivity index (χ4n) is 4.97. The molecule has 0 aliphatic carbocycles. The molecule has 5 nitrogen and oxygen atoms in total. The quantitative estimate of drug-likeness (QED) is 0.178. The predicted octanol–water partition coefficient (Wildman–Crippen LogP) is 7.27. The molecule has 0 aliphatic heterocycles. The van der Waals surface area contributed by atoms with Crippen LogP contribution >= 0.6 is 0 Å². The third-order valence-electron chi connectivity index (χ3n) is 7.08. The van der Waals surface area contributed by atoms with Crippen molar-refractivity contribution in [1.82, 2.24) is 5.32 Å². The fraction of sp³-hybridized carbons (Fsp3) is 0.303. The van der Waals surface area contributed by atoms with Crippen LogP contribution in [0.25, 0.3) is 21.9 Å². The predicted molar refractivity (Wildman–Crippen MR) is 154 cm³/mol. The van der Waals surface area contributed by atoms with Gasteiger partial charge in [-0.3, -0.25) is 0 Å². The van der Waals surface area contributed by atoms with Crippen molar-refractivity contribution in [2.24, 2.45) is 0 Å². The van der Waals surface area contributed by atoms with Gasteiger partial charge < -0.3 is 20.3 Å². The number of carboxylic acid groups (broad SMARTS) is 1. The van der Waals surface area contributed by atoms with Gasteiger partial charge in [0, 0.05) is 12.1 Å². The van der Waals surface area contributed by atoms with E-state index in [2.05, 4.69) is 49.5 Å². The molecule has 216 valence electrons. The minimum absolute atomic E-state index is 0.0142. The molecule has 2 unspecified atom stereocenters. The highest BCUT2D eigenvalue weighted by molar-refractivity contribution is 5.90. The smallest absolute Gasteiger partial charge is 0.417 e. The zero-order valence-electron chi connectivity index (χ0n) is 23.2. The first-order chi connectivity index (χ1) is 19.3. The second-order valence-corrected chi connectivity index (χ2v) is 10.9. The number of fused-ring (bicyclic) bond motifs is 1. The van der Waals surface area contributed by atoms with Gasteiger partial charge >= 0.3 is 12.1 Å². The van der Waals surface area contributed by atoms with Crippen LogP contribution in [0.4, 0.5) is 13.2 Å². The molecule has 4 aromatic rings. The maximum atomic E-state index is 13.6. The van der Waals surface area contributed by atoms with Gasteiger partial charge in [0.15, 0.2) is 0 Å². The Labute approximate surface area is 237 Å². The van der Waals surface area contributed by atoms with Crippen molar-refractivity contribution in [2.45, 2.75) is 51.1 Å². The molecule has 0 bridgehead atoms. The Balaban J connectivity index is 1.39. The first kappa shape index (κ1) is 30.2. The number of benzene rings is 4. The molecule has 0 spiro atoms. The summed E-state index contributed by atoms with van der Waals surface area (Å²) in [5.74, 6) is -1.64. The van der Waals surface area contributed by atoms with E-state index in [-0.39, 0.29) is 17.7 Å². The SMILES string of the molecule is CC(OCC(O)CNC(C)(C)Cc1ccc2ccccc2c1)c1ccccc1-c1ccc(C(=O)O)c(C(F)(F)F)c1. The summed E-state index contributed by atoms with van der Waals surface area (Å²) in [5.41, 5.74) is 0.223. The van der Waals surface area contributed by atoms with Crippen LogP contribution in [0.15, 0.2) is 84.9 Å². The van der Waals surface area contributed by atoms with Crippen LogP contribution in [0.1, 0.15) is 53.9 Å². The van der Waals surface area contributed by atoms with Crippen LogP contribution in [0.5, 0.6) is 0 Å². The number of hydrogen-bond acceptors (Lipinski definition) is 4. The summed E-state index contributed by atoms with van der Waals surface area (Å²) >= 11 is 0. The van der Waals surface area contributed by atoms with Gasteiger partial charge in [-0.1, -0.05) is 72.8 Å². The van der Waals surface area contributed by atoms with Gasteiger partial charge in [-0.05, 0) is 72.4 Å². The van der Waals surface area contributed by atoms with Crippen molar-refractivity contribution >= 4 is 16.7 Å². The molecule has 2 atom stereocenters. The van der Waals surface area contributed by atoms with E-state index in [4.69, 9.17) is 4.74 Å². The minimum Gasteiger partial charge on any atom is -0.478 e. The third-order valence-corrected chi connectivity index (χ3v) is 7.08. The summed E-state index contributed by atoms with van der Waals surface area (Å²) < 4.78 is 46.7. The van der Waals surface area contributed by atoms with Crippen LogP contribution in [-0.4, -0.2) is 41.0 Å². The zero-order valence-corrected chi connectivity index (χ0v) is 23.2. The lowest BCUT2D eigenvalue weighted by molar-refractivity contribution is -0.138. The van der Waals surface area contributed by atoms with Gasteiger partial charge in [-0.15, -0.1) is 0 Å². The van der Waals surface area contributed by atoms with Gasteiger partial charge in [0.2, 0.25) is 0 Å². The Morgan fingerprint density at radius 3 is 2.32 bits per heavy atom. The minimum atomic E-state index is -4.82. The van der Waals surface area contributed by atoms with E-state index in [1.54, 1.807) is 31.2 Å². The Kier molecular flexibility index (Phi) is 9.17. The van der Waals surface area contributed by atoms with E-state index in [1.165, 1.54) is 22.4 Å². The molecule has 3 N–H and O–H groups in total. The molecule has 41 heavy (non-hydrogen) atoms. The number of carboxylic acids is 1. The number of aromatic carboxylic acids is 1. The molecule has 0 aliphatic rings. The van der Waals surface area contributed by atoms with E-state index in [1.807, 2.05) is 12.1 Å². The summed E-state index contributed by atoms with van der Waals surface area (Å²) in [5, 5.41) is 25.6. The normalized spacial score (nSPS) is 13.7. The molecule has 8 heteroatoms. The number of halogens is 3. The molecule has 0 amide bonds. The van der Waals surface area contributed by atoms with Crippen molar-refractivity contribution < 1.29 is 32.9 Å². The standard InChI is InChI=1S/C33H34F3NO4/c1-21(27-10-6-7-11-28(27)25-14-15-29(31(39)40)30(17-25)33(34,35)36)41-20-26(38)19-37-32(2,3)18-22-12-13-23-8-4-5-9-24(23)16-22/h4-17,21,26,37-38H,18-20H2,1-3H3,(H,39,40). The van der Waals surface area contributed by atoms with Crippen LogP contribution in [0, 0.1) is 0 Å². The van der Waals surface area contributed by atoms with Crippen LogP contribution < -0.4 is 5.32 Å². The lowest BCUT2D eigenvalue weighted by atomic mass is 9.93. The summed E-state index contributed by atoms with van der Waals surface area (Å²) in [6, 6.07) is 24.6. The average Bonchev–Trinajstić information content (AvgIpc) is 2.93. The van der Waals surface area contributed by atoms with Gasteiger partial charge in [-0.2, -0.15) is 13.2 Å². The van der Waals surface area contributed by atoms with E-state index in [0.717, 1.165) is 18.6 Å². The summed E-state index contributed by atoms with van der Waals surface area (Å²) in [4.78, 5) is 11.3. The second kappa shape index (κ2) is 12.4. The number of alkyl halides is 3. The highest BCUT2D eigenvalue weighted by Crippen LogP contribution is 2.37. The summed E-state index contributed by atoms with van der Waals surface area (Å²) in [7, 11) is 0. The molecular weight excluding hydrogens is 531 g/mol. The van der Waals surface area contributed by atoms with Crippen molar-refractivity contribution in [3.8, 4) is 11.1 Å². The Bertz CT molecular complexity index is 1520. The van der Waals surface area contributed by atoms with E-state index >= 15 is 0 Å². The Morgan fingerprint density at radius 2 is 1.61 bits per heavy atom. The monoisotopic (exact) mass is 565 g/mol.